The van der Waals surface area contributed by atoms with E-state index in [9.17, 15) is 18.4 Å². The molecule has 2 aliphatic heterocycles. The molecule has 0 saturated carbocycles. The van der Waals surface area contributed by atoms with Crippen molar-refractivity contribution < 1.29 is 27.8 Å². The van der Waals surface area contributed by atoms with Gasteiger partial charge in [-0.15, -0.1) is 0 Å². The number of halogens is 4. The number of carbonyl (C=O) groups excluding carboxylic acids is 2. The van der Waals surface area contributed by atoms with Gasteiger partial charge in [-0.1, -0.05) is 35.3 Å². The van der Waals surface area contributed by atoms with Gasteiger partial charge in [0.25, 0.3) is 6.43 Å². The van der Waals surface area contributed by atoms with Crippen LogP contribution in [0.1, 0.15) is 18.1 Å². The number of aromatic nitrogens is 2. The Morgan fingerprint density at radius 2 is 1.33 bits per heavy atom. The summed E-state index contributed by atoms with van der Waals surface area (Å²) in [4.78, 5) is 40.3. The molecule has 36 heavy (non-hydrogen) atoms. The van der Waals surface area contributed by atoms with Crippen molar-refractivity contribution in [1.29, 1.82) is 0 Å². The van der Waals surface area contributed by atoms with E-state index in [0.717, 1.165) is 12.1 Å². The Hall–Kier alpha value is -3.38. The first-order valence-corrected chi connectivity index (χ1v) is 11.5. The molecule has 2 aromatic rings. The number of likely N-dealkylation sites (N-methyl/N-ethyl adjacent to an activating group) is 1. The first kappa shape index (κ1) is 27.2. The van der Waals surface area contributed by atoms with E-state index in [1.165, 1.54) is 11.1 Å². The fourth-order valence-electron chi connectivity index (χ4n) is 3.17. The van der Waals surface area contributed by atoms with Crippen molar-refractivity contribution in [2.75, 3.05) is 26.3 Å². The number of ether oxygens (including phenoxy) is 2. The van der Waals surface area contributed by atoms with Crippen molar-refractivity contribution in [2.24, 2.45) is 9.98 Å². The highest BCUT2D eigenvalue weighted by atomic mass is 35.5. The minimum absolute atomic E-state index is 0.0907. The molecule has 2 aromatic heterocycles. The molecule has 4 rings (SSSR count). The van der Waals surface area contributed by atoms with Crippen LogP contribution >= 0.6 is 23.2 Å². The lowest BCUT2D eigenvalue weighted by molar-refractivity contribution is 0.112. The molecule has 2 aliphatic rings. The lowest BCUT2D eigenvalue weighted by atomic mass is 10.2. The Morgan fingerprint density at radius 1 is 0.861 bits per heavy atom. The molecule has 0 aliphatic carbocycles. The quantitative estimate of drug-likeness (QED) is 0.471. The van der Waals surface area contributed by atoms with Crippen LogP contribution in [0.2, 0.25) is 10.3 Å². The molecule has 14 heteroatoms. The van der Waals surface area contributed by atoms with Crippen LogP contribution in [-0.2, 0) is 22.6 Å². The number of cyclic esters (lactones) is 2. The highest BCUT2D eigenvalue weighted by molar-refractivity contribution is 6.29. The molecule has 192 valence electrons. The lowest BCUT2D eigenvalue weighted by Gasteiger charge is -2.22. The normalized spacial score (nSPS) is 14.5. The number of rotatable bonds is 7. The van der Waals surface area contributed by atoms with Crippen LogP contribution in [0.4, 0.5) is 18.4 Å². The van der Waals surface area contributed by atoms with Crippen LogP contribution in [0.15, 0.2) is 46.6 Å². The van der Waals surface area contributed by atoms with Gasteiger partial charge in [0.2, 0.25) is 0 Å². The maximum Gasteiger partial charge on any atom is 0.435 e. The maximum absolute atomic E-state index is 12.5. The zero-order valence-electron chi connectivity index (χ0n) is 19.1. The number of amidine groups is 2. The third-order valence-electron chi connectivity index (χ3n) is 4.88. The largest absolute Gasteiger partial charge is 0.440 e. The second-order valence-corrected chi connectivity index (χ2v) is 8.20. The third-order valence-corrected chi connectivity index (χ3v) is 5.33. The van der Waals surface area contributed by atoms with Gasteiger partial charge in [-0.05, 0) is 30.2 Å². The molecule has 0 saturated heterocycles. The average Bonchev–Trinajstić information content (AvgIpc) is 3.48. The Bertz CT molecular complexity index is 1120. The van der Waals surface area contributed by atoms with E-state index in [0.29, 0.717) is 28.3 Å². The van der Waals surface area contributed by atoms with Gasteiger partial charge in [-0.2, -0.15) is 9.98 Å². The third kappa shape index (κ3) is 8.38. The van der Waals surface area contributed by atoms with E-state index >= 15 is 0 Å². The van der Waals surface area contributed by atoms with E-state index in [1.54, 1.807) is 24.4 Å². The summed E-state index contributed by atoms with van der Waals surface area (Å²) in [5.41, 5.74) is 1.70. The lowest BCUT2D eigenvalue weighted by Crippen LogP contribution is -2.35. The SMILES string of the molecule is CCN(Cc1ccc(Cl)nc1)C1=NC(=O)OC1.O=C1N=C(N(Cc2ccc(Cl)nc2)CC(F)F)CO1. The molecule has 0 bridgehead atoms. The summed E-state index contributed by atoms with van der Waals surface area (Å²) in [7, 11) is 0. The second-order valence-electron chi connectivity index (χ2n) is 7.43. The van der Waals surface area contributed by atoms with Gasteiger partial charge in [-0.25, -0.2) is 28.3 Å². The molecule has 0 fully saturated rings. The van der Waals surface area contributed by atoms with Crippen LogP contribution in [-0.4, -0.2) is 76.4 Å². The van der Waals surface area contributed by atoms with Crippen molar-refractivity contribution >= 4 is 47.1 Å². The standard InChI is InChI=1S/C11H10ClF2N3O2.C11H12ClN3O2/c12-8-2-1-7(3-15-8)4-17(5-9(13)14)10-6-19-11(18)16-10;1-2-15(10-7-17-11(16)14-10)6-8-3-4-9(12)13-5-8/h1-3,9H,4-6H2;3-5H,2,6-7H2,1H3. The van der Waals surface area contributed by atoms with Gasteiger partial charge < -0.3 is 19.3 Å². The van der Waals surface area contributed by atoms with Gasteiger partial charge in [0.15, 0.2) is 24.9 Å². The van der Waals surface area contributed by atoms with Crippen LogP contribution < -0.4 is 0 Å². The zero-order chi connectivity index (χ0) is 26.1. The predicted molar refractivity (Wildman–Crippen MR) is 129 cm³/mol. The van der Waals surface area contributed by atoms with Gasteiger partial charge in [0, 0.05) is 32.0 Å². The van der Waals surface area contributed by atoms with Crippen LogP contribution in [0.5, 0.6) is 0 Å². The average molecular weight is 543 g/mol. The van der Waals surface area contributed by atoms with E-state index in [4.69, 9.17) is 27.9 Å². The molecule has 0 N–H and O–H groups in total. The molecule has 4 heterocycles. The Morgan fingerprint density at radius 3 is 1.69 bits per heavy atom. The van der Waals surface area contributed by atoms with E-state index < -0.39 is 25.2 Å². The molecule has 0 atom stereocenters. The molecule has 0 aromatic carbocycles. The maximum atomic E-state index is 12.5. The fraction of sp³-hybridized carbons (Fsp3) is 0.364. The minimum atomic E-state index is -2.54. The summed E-state index contributed by atoms with van der Waals surface area (Å²) in [6.45, 7) is 3.16. The van der Waals surface area contributed by atoms with Gasteiger partial charge in [0.1, 0.15) is 10.3 Å². The first-order chi connectivity index (χ1) is 17.2. The molecular formula is C22H22Cl2F2N6O4. The smallest absolute Gasteiger partial charge is 0.435 e. The van der Waals surface area contributed by atoms with Crippen molar-refractivity contribution in [2.45, 2.75) is 26.4 Å². The summed E-state index contributed by atoms with van der Waals surface area (Å²) in [6, 6.07) is 6.88. The Kier molecular flexibility index (Phi) is 9.88. The molecule has 0 radical (unpaired) electrons. The Balaban J connectivity index is 0.000000202. The van der Waals surface area contributed by atoms with E-state index in [-0.39, 0.29) is 25.6 Å². The number of hydrogen-bond acceptors (Lipinski definition) is 8. The van der Waals surface area contributed by atoms with Crippen LogP contribution in [0.25, 0.3) is 0 Å². The minimum Gasteiger partial charge on any atom is -0.440 e. The molecule has 0 spiro atoms. The zero-order valence-corrected chi connectivity index (χ0v) is 20.6. The van der Waals surface area contributed by atoms with Crippen molar-refractivity contribution in [3.05, 3.63) is 58.1 Å². The van der Waals surface area contributed by atoms with Gasteiger partial charge in [0.05, 0.1) is 6.54 Å². The fourth-order valence-corrected chi connectivity index (χ4v) is 3.39. The second kappa shape index (κ2) is 13.1. The monoisotopic (exact) mass is 542 g/mol. The highest BCUT2D eigenvalue weighted by Gasteiger charge is 2.24. The topological polar surface area (TPSA) is 110 Å². The number of amides is 2. The number of pyridine rings is 2. The van der Waals surface area contributed by atoms with Crippen LogP contribution in [0, 0.1) is 0 Å². The first-order valence-electron chi connectivity index (χ1n) is 10.7. The molecule has 0 unspecified atom stereocenters. The summed E-state index contributed by atoms with van der Waals surface area (Å²) < 4.78 is 34.5. The number of aliphatic imine (C=N–C) groups is 2. The number of carbonyl (C=O) groups is 2. The summed E-state index contributed by atoms with van der Waals surface area (Å²) in [5, 5.41) is 0.786. The molecule has 2 amide bonds. The van der Waals surface area contributed by atoms with E-state index in [2.05, 4.69) is 24.7 Å². The van der Waals surface area contributed by atoms with Gasteiger partial charge in [-0.3, -0.25) is 0 Å². The van der Waals surface area contributed by atoms with Crippen LogP contribution in [0.3, 0.4) is 0 Å². The summed E-state index contributed by atoms with van der Waals surface area (Å²) in [5.74, 6) is 0.854. The number of hydrogen-bond donors (Lipinski definition) is 0. The highest BCUT2D eigenvalue weighted by Crippen LogP contribution is 2.13. The van der Waals surface area contributed by atoms with Gasteiger partial charge >= 0.3 is 12.2 Å². The number of alkyl halides is 2. The summed E-state index contributed by atoms with van der Waals surface area (Å²) in [6.07, 6.45) is -0.628. The molecule has 10 nitrogen and oxygen atoms in total. The van der Waals surface area contributed by atoms with Crippen molar-refractivity contribution in [1.82, 2.24) is 19.8 Å². The summed E-state index contributed by atoms with van der Waals surface area (Å²) >= 11 is 11.4. The van der Waals surface area contributed by atoms with Crippen molar-refractivity contribution in [3.8, 4) is 0 Å². The molecular weight excluding hydrogens is 521 g/mol. The number of nitrogens with zero attached hydrogens (tertiary/aromatic N) is 6. The van der Waals surface area contributed by atoms with E-state index in [1.807, 2.05) is 17.9 Å². The Labute approximate surface area is 215 Å². The van der Waals surface area contributed by atoms with Crippen molar-refractivity contribution in [3.63, 3.8) is 0 Å². The predicted octanol–water partition coefficient (Wildman–Crippen LogP) is 4.46.